The fourth-order valence-corrected chi connectivity index (χ4v) is 6.40. The number of fused-ring (bicyclic) bond motifs is 1. The van der Waals surface area contributed by atoms with Crippen LogP contribution in [0.1, 0.15) is 19.8 Å². The number of nitrogens with zero attached hydrogens (tertiary/aromatic N) is 2. The SMILES string of the molecule is CCS(=O)(=O)N1CCCC1C(=O)NS(=O)(=O)c1ccc2c(c1)sc(=O)n2C. The molecule has 1 aliphatic rings. The normalized spacial score (nSPS) is 18.8. The van der Waals surface area contributed by atoms with Crippen molar-refractivity contribution in [2.75, 3.05) is 12.3 Å². The maximum Gasteiger partial charge on any atom is 0.307 e. The molecule has 2 aromatic rings. The van der Waals surface area contributed by atoms with Gasteiger partial charge in [-0.3, -0.25) is 9.59 Å². The van der Waals surface area contributed by atoms with Crippen molar-refractivity contribution in [3.8, 4) is 0 Å². The van der Waals surface area contributed by atoms with Gasteiger partial charge in [-0.05, 0) is 38.0 Å². The maximum atomic E-state index is 12.6. The number of benzene rings is 1. The van der Waals surface area contributed by atoms with E-state index in [9.17, 15) is 26.4 Å². The summed E-state index contributed by atoms with van der Waals surface area (Å²) in [4.78, 5) is 23.8. The van der Waals surface area contributed by atoms with Crippen molar-refractivity contribution >= 4 is 47.5 Å². The molecular formula is C15H19N3O6S3. The summed E-state index contributed by atoms with van der Waals surface area (Å²) in [6.45, 7) is 1.66. The number of amides is 1. The lowest BCUT2D eigenvalue weighted by Gasteiger charge is -2.22. The van der Waals surface area contributed by atoms with Crippen molar-refractivity contribution in [1.29, 1.82) is 0 Å². The van der Waals surface area contributed by atoms with E-state index in [-0.39, 0.29) is 28.5 Å². The molecule has 0 saturated carbocycles. The van der Waals surface area contributed by atoms with Gasteiger partial charge in [-0.15, -0.1) is 0 Å². The highest BCUT2D eigenvalue weighted by Crippen LogP contribution is 2.24. The van der Waals surface area contributed by atoms with Gasteiger partial charge in [-0.2, -0.15) is 4.31 Å². The summed E-state index contributed by atoms with van der Waals surface area (Å²) in [6.07, 6.45) is 0.751. The van der Waals surface area contributed by atoms with Gasteiger partial charge in [0.05, 0.1) is 20.9 Å². The van der Waals surface area contributed by atoms with Crippen molar-refractivity contribution < 1.29 is 21.6 Å². The number of carbonyl (C=O) groups is 1. The lowest BCUT2D eigenvalue weighted by molar-refractivity contribution is -0.122. The summed E-state index contributed by atoms with van der Waals surface area (Å²) in [5.74, 6) is -1.03. The Kier molecular flexibility index (Phi) is 5.18. The van der Waals surface area contributed by atoms with Crippen LogP contribution in [-0.4, -0.2) is 50.0 Å². The van der Waals surface area contributed by atoms with E-state index >= 15 is 0 Å². The first-order valence-electron chi connectivity index (χ1n) is 8.22. The zero-order chi connectivity index (χ0) is 20.0. The average Bonchev–Trinajstić information content (AvgIpc) is 3.20. The summed E-state index contributed by atoms with van der Waals surface area (Å²) < 4.78 is 54.3. The monoisotopic (exact) mass is 433 g/mol. The van der Waals surface area contributed by atoms with Gasteiger partial charge in [0, 0.05) is 13.6 Å². The Bertz CT molecular complexity index is 1160. The molecule has 1 unspecified atom stereocenters. The molecule has 1 fully saturated rings. The van der Waals surface area contributed by atoms with Crippen molar-refractivity contribution in [3.63, 3.8) is 0 Å². The van der Waals surface area contributed by atoms with Crippen LogP contribution in [0.5, 0.6) is 0 Å². The molecule has 0 aliphatic carbocycles. The number of sulfonamides is 2. The molecule has 1 aromatic heterocycles. The van der Waals surface area contributed by atoms with Crippen molar-refractivity contribution in [2.45, 2.75) is 30.7 Å². The second-order valence-corrected chi connectivity index (χ2v) is 11.1. The Balaban J connectivity index is 1.88. The first-order valence-corrected chi connectivity index (χ1v) is 12.1. The highest BCUT2D eigenvalue weighted by Gasteiger charge is 2.39. The topological polar surface area (TPSA) is 123 Å². The molecule has 1 aliphatic heterocycles. The lowest BCUT2D eigenvalue weighted by Crippen LogP contribution is -2.47. The highest BCUT2D eigenvalue weighted by atomic mass is 32.2. The second-order valence-electron chi connectivity index (χ2n) is 6.20. The van der Waals surface area contributed by atoms with Gasteiger partial charge in [-0.25, -0.2) is 21.6 Å². The first-order chi connectivity index (χ1) is 12.6. The summed E-state index contributed by atoms with van der Waals surface area (Å²) in [5.41, 5.74) is 0.589. The minimum absolute atomic E-state index is 0.159. The Labute approximate surface area is 160 Å². The number of hydrogen-bond donors (Lipinski definition) is 1. The van der Waals surface area contributed by atoms with E-state index in [4.69, 9.17) is 0 Å². The molecule has 1 amide bonds. The Morgan fingerprint density at radius 1 is 1.30 bits per heavy atom. The lowest BCUT2D eigenvalue weighted by atomic mass is 10.2. The number of aryl methyl sites for hydroxylation is 1. The predicted molar refractivity (Wildman–Crippen MR) is 102 cm³/mol. The first kappa shape index (κ1) is 20.0. The Morgan fingerprint density at radius 2 is 2.00 bits per heavy atom. The number of hydrogen-bond acceptors (Lipinski definition) is 7. The second kappa shape index (κ2) is 7.00. The molecule has 0 spiro atoms. The molecule has 1 aromatic carbocycles. The fourth-order valence-electron chi connectivity index (χ4n) is 3.04. The zero-order valence-corrected chi connectivity index (χ0v) is 17.2. The van der Waals surface area contributed by atoms with Crippen LogP contribution in [0.3, 0.4) is 0 Å². The van der Waals surface area contributed by atoms with Gasteiger partial charge in [0.1, 0.15) is 6.04 Å². The number of nitrogens with one attached hydrogen (secondary N) is 1. The zero-order valence-electron chi connectivity index (χ0n) is 14.7. The fraction of sp³-hybridized carbons (Fsp3) is 0.467. The molecule has 1 atom stereocenters. The minimum Gasteiger partial charge on any atom is -0.302 e. The van der Waals surface area contributed by atoms with Crippen LogP contribution in [0.4, 0.5) is 0 Å². The van der Waals surface area contributed by atoms with E-state index in [1.165, 1.54) is 29.7 Å². The van der Waals surface area contributed by atoms with Gasteiger partial charge < -0.3 is 4.57 Å². The van der Waals surface area contributed by atoms with Crippen molar-refractivity contribution in [3.05, 3.63) is 27.9 Å². The molecule has 1 N–H and O–H groups in total. The Morgan fingerprint density at radius 3 is 2.67 bits per heavy atom. The standard InChI is InChI=1S/C15H19N3O6S3/c1-3-26(21,22)18-8-4-5-12(18)14(19)16-27(23,24)10-6-7-11-13(9-10)25-15(20)17(11)2/h6-7,9,12H,3-5,8H2,1-2H3,(H,16,19). The molecule has 3 rings (SSSR count). The summed E-state index contributed by atoms with van der Waals surface area (Å²) in [6, 6.07) is 3.09. The van der Waals surface area contributed by atoms with Crippen LogP contribution in [0, 0.1) is 0 Å². The molecule has 148 valence electrons. The van der Waals surface area contributed by atoms with Gasteiger partial charge in [0.25, 0.3) is 15.9 Å². The third-order valence-corrected chi connectivity index (χ3v) is 8.76. The van der Waals surface area contributed by atoms with Crippen molar-refractivity contribution in [2.24, 2.45) is 7.05 Å². The van der Waals surface area contributed by atoms with Crippen LogP contribution in [0.15, 0.2) is 27.9 Å². The Hall–Kier alpha value is -1.76. The van der Waals surface area contributed by atoms with E-state index in [0.29, 0.717) is 16.6 Å². The van der Waals surface area contributed by atoms with Crippen LogP contribution in [-0.2, 0) is 31.9 Å². The summed E-state index contributed by atoms with van der Waals surface area (Å²) in [7, 11) is -6.21. The van der Waals surface area contributed by atoms with Gasteiger partial charge in [0.15, 0.2) is 0 Å². The molecular weight excluding hydrogens is 414 g/mol. The molecule has 2 heterocycles. The number of aromatic nitrogens is 1. The predicted octanol–water partition coefficient (Wildman–Crippen LogP) is 0.219. The maximum absolute atomic E-state index is 12.6. The van der Waals surface area contributed by atoms with Gasteiger partial charge in [-0.1, -0.05) is 11.3 Å². The molecule has 27 heavy (non-hydrogen) atoms. The van der Waals surface area contributed by atoms with E-state index < -0.39 is 32.0 Å². The molecule has 9 nitrogen and oxygen atoms in total. The minimum atomic E-state index is -4.19. The third kappa shape index (κ3) is 3.66. The smallest absolute Gasteiger partial charge is 0.302 e. The quantitative estimate of drug-likeness (QED) is 0.720. The number of thiazole rings is 1. The largest absolute Gasteiger partial charge is 0.307 e. The van der Waals surface area contributed by atoms with E-state index in [2.05, 4.69) is 0 Å². The van der Waals surface area contributed by atoms with Crippen LogP contribution >= 0.6 is 11.3 Å². The molecule has 0 bridgehead atoms. The van der Waals surface area contributed by atoms with Crippen molar-refractivity contribution in [1.82, 2.24) is 13.6 Å². The van der Waals surface area contributed by atoms with E-state index in [1.54, 1.807) is 7.05 Å². The van der Waals surface area contributed by atoms with E-state index in [1.807, 2.05) is 4.72 Å². The molecule has 0 radical (unpaired) electrons. The van der Waals surface area contributed by atoms with Crippen LogP contribution < -0.4 is 9.60 Å². The van der Waals surface area contributed by atoms with E-state index in [0.717, 1.165) is 15.6 Å². The number of carbonyl (C=O) groups excluding carboxylic acids is 1. The molecule has 12 heteroatoms. The average molecular weight is 434 g/mol. The summed E-state index contributed by atoms with van der Waals surface area (Å²) in [5, 5.41) is 0. The van der Waals surface area contributed by atoms with Gasteiger partial charge >= 0.3 is 4.87 Å². The van der Waals surface area contributed by atoms with Crippen LogP contribution in [0.25, 0.3) is 10.2 Å². The van der Waals surface area contributed by atoms with Gasteiger partial charge in [0.2, 0.25) is 10.0 Å². The third-order valence-electron chi connectivity index (χ3n) is 4.54. The highest BCUT2D eigenvalue weighted by molar-refractivity contribution is 7.90. The molecule has 1 saturated heterocycles. The summed E-state index contributed by atoms with van der Waals surface area (Å²) >= 11 is 0.903. The number of rotatable bonds is 5. The van der Waals surface area contributed by atoms with Crippen LogP contribution in [0.2, 0.25) is 0 Å².